The van der Waals surface area contributed by atoms with Gasteiger partial charge in [-0.05, 0) is 25.1 Å². The van der Waals surface area contributed by atoms with E-state index in [0.717, 1.165) is 0 Å². The monoisotopic (exact) mass is 273 g/mol. The van der Waals surface area contributed by atoms with E-state index in [1.165, 1.54) is 14.0 Å². The summed E-state index contributed by atoms with van der Waals surface area (Å²) < 4.78 is 9.84. The van der Waals surface area contributed by atoms with Gasteiger partial charge in [0, 0.05) is 17.1 Å². The molecule has 0 N–H and O–H groups in total. The van der Waals surface area contributed by atoms with Crippen molar-refractivity contribution in [2.75, 3.05) is 14.2 Å². The number of rotatable bonds is 4. The van der Waals surface area contributed by atoms with Crippen molar-refractivity contribution in [1.82, 2.24) is 4.98 Å². The number of Topliss-reactive ketones (excluding diaryl/α,β-unsaturated/α-hetero) is 1. The number of hydrogen-bond acceptors (Lipinski definition) is 5. The molecule has 1 unspecified atom stereocenters. The molecule has 2 aromatic rings. The second-order valence-corrected chi connectivity index (χ2v) is 4.32. The molecule has 0 amide bonds. The zero-order valence-corrected chi connectivity index (χ0v) is 11.5. The third-order valence-electron chi connectivity index (χ3n) is 3.17. The molecule has 104 valence electrons. The van der Waals surface area contributed by atoms with Crippen LogP contribution in [0.1, 0.15) is 17.3 Å². The number of methoxy groups -OCH3 is 2. The van der Waals surface area contributed by atoms with Crippen LogP contribution in [0.25, 0.3) is 10.9 Å². The smallest absolute Gasteiger partial charge is 0.316 e. The molecule has 0 radical (unpaired) electrons. The van der Waals surface area contributed by atoms with Crippen LogP contribution in [0.4, 0.5) is 0 Å². The van der Waals surface area contributed by atoms with Crippen LogP contribution in [-0.4, -0.2) is 31.0 Å². The van der Waals surface area contributed by atoms with Gasteiger partial charge in [-0.1, -0.05) is 6.07 Å². The van der Waals surface area contributed by atoms with Gasteiger partial charge in [0.15, 0.2) is 5.78 Å². The van der Waals surface area contributed by atoms with E-state index in [-0.39, 0.29) is 5.78 Å². The summed E-state index contributed by atoms with van der Waals surface area (Å²) in [5.74, 6) is -1.11. The maximum absolute atomic E-state index is 12.4. The predicted molar refractivity (Wildman–Crippen MR) is 73.8 cm³/mol. The average Bonchev–Trinajstić information content (AvgIpc) is 2.51. The number of nitrogens with zero attached hydrogens (tertiary/aromatic N) is 1. The highest BCUT2D eigenvalue weighted by Gasteiger charge is 2.25. The van der Waals surface area contributed by atoms with E-state index in [9.17, 15) is 9.59 Å². The number of ketones is 1. The first-order valence-corrected chi connectivity index (χ1v) is 6.14. The Hall–Kier alpha value is -2.43. The molecule has 0 aliphatic heterocycles. The minimum absolute atomic E-state index is 0.294. The number of benzene rings is 1. The highest BCUT2D eigenvalue weighted by molar-refractivity contribution is 6.15. The van der Waals surface area contributed by atoms with Gasteiger partial charge in [0.25, 0.3) is 0 Å². The summed E-state index contributed by atoms with van der Waals surface area (Å²) in [7, 11) is 2.81. The summed E-state index contributed by atoms with van der Waals surface area (Å²) in [6.07, 6.45) is 1.63. The van der Waals surface area contributed by atoms with Gasteiger partial charge in [0.05, 0.1) is 14.2 Å². The van der Waals surface area contributed by atoms with Gasteiger partial charge in [-0.2, -0.15) is 0 Å². The lowest BCUT2D eigenvalue weighted by atomic mass is 9.96. The minimum Gasteiger partial charge on any atom is -0.494 e. The van der Waals surface area contributed by atoms with Crippen LogP contribution in [0.5, 0.6) is 5.75 Å². The largest absolute Gasteiger partial charge is 0.494 e. The lowest BCUT2D eigenvalue weighted by molar-refractivity contribution is -0.143. The molecule has 1 atom stereocenters. The molecule has 0 fully saturated rings. The van der Waals surface area contributed by atoms with Crippen LogP contribution >= 0.6 is 0 Å². The van der Waals surface area contributed by atoms with Crippen molar-refractivity contribution in [3.05, 3.63) is 36.0 Å². The molecule has 1 aromatic carbocycles. The van der Waals surface area contributed by atoms with Gasteiger partial charge in [0.2, 0.25) is 0 Å². The van der Waals surface area contributed by atoms with Gasteiger partial charge in [-0.3, -0.25) is 14.6 Å². The van der Waals surface area contributed by atoms with Crippen molar-refractivity contribution in [2.45, 2.75) is 6.92 Å². The molecule has 2 rings (SSSR count). The van der Waals surface area contributed by atoms with Crippen LogP contribution in [0.2, 0.25) is 0 Å². The Balaban J connectivity index is 2.56. The Kier molecular flexibility index (Phi) is 3.98. The summed E-state index contributed by atoms with van der Waals surface area (Å²) in [5, 5.41) is 0.660. The van der Waals surface area contributed by atoms with Gasteiger partial charge < -0.3 is 9.47 Å². The van der Waals surface area contributed by atoms with Crippen molar-refractivity contribution in [3.63, 3.8) is 0 Å². The summed E-state index contributed by atoms with van der Waals surface area (Å²) in [5.41, 5.74) is 1.03. The fraction of sp³-hybridized carbons (Fsp3) is 0.267. The molecule has 0 spiro atoms. The standard InChI is InChI=1S/C15H15NO4/c1-9(15(18)20-3)14(17)11-6-7-12(19-2)13-10(11)5-4-8-16-13/h4-9H,1-3H3. The fourth-order valence-electron chi connectivity index (χ4n) is 2.04. The SMILES string of the molecule is COC(=O)C(C)C(=O)c1ccc(OC)c2ncccc12. The molecule has 0 aliphatic rings. The van der Waals surface area contributed by atoms with Gasteiger partial charge in [-0.15, -0.1) is 0 Å². The Morgan fingerprint density at radius 2 is 1.95 bits per heavy atom. The summed E-state index contributed by atoms with van der Waals surface area (Å²) in [6, 6.07) is 6.83. The summed E-state index contributed by atoms with van der Waals surface area (Å²) >= 11 is 0. The number of hydrogen-bond donors (Lipinski definition) is 0. The Labute approximate surface area is 116 Å². The molecule has 5 nitrogen and oxygen atoms in total. The number of aromatic nitrogens is 1. The Morgan fingerprint density at radius 3 is 2.60 bits per heavy atom. The number of carbonyl (C=O) groups excluding carboxylic acids is 2. The Morgan fingerprint density at radius 1 is 1.20 bits per heavy atom. The van der Waals surface area contributed by atoms with Crippen molar-refractivity contribution < 1.29 is 19.1 Å². The minimum atomic E-state index is -0.850. The fourth-order valence-corrected chi connectivity index (χ4v) is 2.04. The number of ether oxygens (including phenoxy) is 2. The van der Waals surface area contributed by atoms with Crippen LogP contribution < -0.4 is 4.74 Å². The molecule has 0 saturated heterocycles. The quantitative estimate of drug-likeness (QED) is 0.485. The van der Waals surface area contributed by atoms with E-state index in [1.807, 2.05) is 0 Å². The van der Waals surface area contributed by atoms with Crippen molar-refractivity contribution in [2.24, 2.45) is 5.92 Å². The Bertz CT molecular complexity index is 666. The number of esters is 1. The number of carbonyl (C=O) groups is 2. The van der Waals surface area contributed by atoms with E-state index in [0.29, 0.717) is 22.2 Å². The van der Waals surface area contributed by atoms with Crippen molar-refractivity contribution in [3.8, 4) is 5.75 Å². The second-order valence-electron chi connectivity index (χ2n) is 4.32. The van der Waals surface area contributed by atoms with E-state index in [2.05, 4.69) is 9.72 Å². The van der Waals surface area contributed by atoms with Gasteiger partial charge >= 0.3 is 5.97 Å². The molecular formula is C15H15NO4. The molecule has 20 heavy (non-hydrogen) atoms. The first kappa shape index (κ1) is 14.0. The molecule has 0 bridgehead atoms. The summed E-state index contributed by atoms with van der Waals surface area (Å²) in [6.45, 7) is 1.53. The first-order chi connectivity index (χ1) is 9.60. The number of fused-ring (bicyclic) bond motifs is 1. The molecule has 5 heteroatoms. The van der Waals surface area contributed by atoms with Gasteiger partial charge in [-0.25, -0.2) is 0 Å². The normalized spacial score (nSPS) is 11.9. The first-order valence-electron chi connectivity index (χ1n) is 6.14. The van der Waals surface area contributed by atoms with Gasteiger partial charge in [0.1, 0.15) is 17.2 Å². The lowest BCUT2D eigenvalue weighted by Gasteiger charge is -2.12. The van der Waals surface area contributed by atoms with E-state index >= 15 is 0 Å². The van der Waals surface area contributed by atoms with Crippen LogP contribution in [-0.2, 0) is 9.53 Å². The highest BCUT2D eigenvalue weighted by Crippen LogP contribution is 2.28. The third-order valence-corrected chi connectivity index (χ3v) is 3.17. The van der Waals surface area contributed by atoms with Crippen molar-refractivity contribution >= 4 is 22.7 Å². The van der Waals surface area contributed by atoms with Crippen LogP contribution in [0, 0.1) is 5.92 Å². The number of pyridine rings is 1. The second kappa shape index (κ2) is 5.69. The van der Waals surface area contributed by atoms with E-state index < -0.39 is 11.9 Å². The molecule has 1 heterocycles. The summed E-state index contributed by atoms with van der Waals surface area (Å²) in [4.78, 5) is 28.1. The predicted octanol–water partition coefficient (Wildman–Crippen LogP) is 2.24. The molecular weight excluding hydrogens is 258 g/mol. The van der Waals surface area contributed by atoms with Crippen LogP contribution in [0.15, 0.2) is 30.5 Å². The van der Waals surface area contributed by atoms with Crippen LogP contribution in [0.3, 0.4) is 0 Å². The molecule has 0 aliphatic carbocycles. The topological polar surface area (TPSA) is 65.5 Å². The average molecular weight is 273 g/mol. The zero-order chi connectivity index (χ0) is 14.7. The maximum Gasteiger partial charge on any atom is 0.316 e. The highest BCUT2D eigenvalue weighted by atomic mass is 16.5. The van der Waals surface area contributed by atoms with E-state index in [1.54, 1.807) is 37.6 Å². The van der Waals surface area contributed by atoms with E-state index in [4.69, 9.17) is 4.74 Å². The van der Waals surface area contributed by atoms with Crippen molar-refractivity contribution in [1.29, 1.82) is 0 Å². The molecule has 0 saturated carbocycles. The maximum atomic E-state index is 12.4. The third kappa shape index (κ3) is 2.34. The zero-order valence-electron chi connectivity index (χ0n) is 11.5. The molecule has 1 aromatic heterocycles. The lowest BCUT2D eigenvalue weighted by Crippen LogP contribution is -2.22.